The number of ether oxygens (including phenoxy) is 1. The fraction of sp³-hybridized carbons (Fsp3) is 0.360. The smallest absolute Gasteiger partial charge is 0.336 e. The molecule has 0 saturated carbocycles. The van der Waals surface area contributed by atoms with Gasteiger partial charge in [0.25, 0.3) is 0 Å². The molecule has 0 amide bonds. The number of benzene rings is 1. The van der Waals surface area contributed by atoms with Crippen molar-refractivity contribution in [1.82, 2.24) is 5.32 Å². The van der Waals surface area contributed by atoms with Gasteiger partial charge in [0.1, 0.15) is 5.75 Å². The number of thiophene rings is 1. The lowest BCUT2D eigenvalue weighted by Crippen LogP contribution is -2.36. The number of phenols is 1. The molecular formula is C25H27NO4S. The fourth-order valence-electron chi connectivity index (χ4n) is 4.35. The lowest BCUT2D eigenvalue weighted by atomic mass is 9.72. The number of aromatic hydroxyl groups is 1. The Morgan fingerprint density at radius 3 is 2.61 bits per heavy atom. The number of carbonyl (C=O) groups is 2. The van der Waals surface area contributed by atoms with Crippen LogP contribution in [-0.2, 0) is 14.3 Å². The van der Waals surface area contributed by atoms with E-state index in [4.69, 9.17) is 4.74 Å². The molecule has 1 aliphatic carbocycles. The molecule has 0 spiro atoms. The summed E-state index contributed by atoms with van der Waals surface area (Å²) in [7, 11) is 0. The molecule has 2 aliphatic rings. The quantitative estimate of drug-likeness (QED) is 0.643. The summed E-state index contributed by atoms with van der Waals surface area (Å²) in [5, 5.41) is 15.2. The molecule has 2 aromatic rings. The monoisotopic (exact) mass is 437 g/mol. The Balaban J connectivity index is 1.76. The maximum absolute atomic E-state index is 13.4. The van der Waals surface area contributed by atoms with Crippen LogP contribution in [0.15, 0.2) is 64.3 Å². The van der Waals surface area contributed by atoms with E-state index in [1.165, 1.54) is 4.88 Å². The Bertz CT molecular complexity index is 1050. The minimum absolute atomic E-state index is 0.0480. The number of ketones is 1. The van der Waals surface area contributed by atoms with Crippen molar-refractivity contribution in [3.63, 3.8) is 0 Å². The Kier molecular flexibility index (Phi) is 6.01. The van der Waals surface area contributed by atoms with Gasteiger partial charge in [-0.15, -0.1) is 11.3 Å². The first-order chi connectivity index (χ1) is 14.8. The summed E-state index contributed by atoms with van der Waals surface area (Å²) < 4.78 is 5.57. The predicted octanol–water partition coefficient (Wildman–Crippen LogP) is 5.01. The zero-order chi connectivity index (χ0) is 22.1. The summed E-state index contributed by atoms with van der Waals surface area (Å²) >= 11 is 1.67. The zero-order valence-corrected chi connectivity index (χ0v) is 18.8. The lowest BCUT2D eigenvalue weighted by Gasteiger charge is -2.36. The van der Waals surface area contributed by atoms with Crippen LogP contribution in [0.3, 0.4) is 0 Å². The third-order valence-corrected chi connectivity index (χ3v) is 6.80. The van der Waals surface area contributed by atoms with Crippen molar-refractivity contribution in [2.75, 3.05) is 6.61 Å². The van der Waals surface area contributed by atoms with Gasteiger partial charge in [0, 0.05) is 40.1 Å². The van der Waals surface area contributed by atoms with Crippen LogP contribution in [0.4, 0.5) is 0 Å². The standard InChI is InChI=1S/C25H27NO4S/c1-14(2)13-30-25(29)22-15(3)26-19-11-17(21-5-4-10-31-21)12-20(28)24(19)23(22)16-6-8-18(27)9-7-16/h4-10,14,17,23,26-27H,11-13H2,1-3H3/t17-,23-/m0/s1. The number of carbonyl (C=O) groups excluding carboxylic acids is 2. The molecule has 1 aromatic carbocycles. The van der Waals surface area contributed by atoms with Crippen LogP contribution >= 0.6 is 11.3 Å². The van der Waals surface area contributed by atoms with Crippen LogP contribution in [0.5, 0.6) is 5.75 Å². The van der Waals surface area contributed by atoms with Gasteiger partial charge in [-0.3, -0.25) is 4.79 Å². The van der Waals surface area contributed by atoms with Gasteiger partial charge in [0.2, 0.25) is 0 Å². The molecule has 1 aromatic heterocycles. The highest BCUT2D eigenvalue weighted by molar-refractivity contribution is 7.10. The summed E-state index contributed by atoms with van der Waals surface area (Å²) in [6.07, 6.45) is 1.14. The predicted molar refractivity (Wildman–Crippen MR) is 121 cm³/mol. The minimum atomic E-state index is -0.506. The minimum Gasteiger partial charge on any atom is -0.508 e. The van der Waals surface area contributed by atoms with Crippen molar-refractivity contribution >= 4 is 23.1 Å². The summed E-state index contributed by atoms with van der Waals surface area (Å²) in [6, 6.07) is 10.8. The molecule has 1 aliphatic heterocycles. The van der Waals surface area contributed by atoms with Crippen molar-refractivity contribution < 1.29 is 19.4 Å². The molecule has 2 heterocycles. The maximum Gasteiger partial charge on any atom is 0.336 e. The topological polar surface area (TPSA) is 75.6 Å². The van der Waals surface area contributed by atoms with E-state index in [0.717, 1.165) is 17.7 Å². The zero-order valence-electron chi connectivity index (χ0n) is 18.0. The van der Waals surface area contributed by atoms with Gasteiger partial charge in [-0.1, -0.05) is 32.0 Å². The number of allylic oxidation sites excluding steroid dienone is 3. The third-order valence-electron chi connectivity index (χ3n) is 5.77. The molecule has 0 saturated heterocycles. The molecular weight excluding hydrogens is 410 g/mol. The van der Waals surface area contributed by atoms with E-state index in [1.807, 2.05) is 32.2 Å². The van der Waals surface area contributed by atoms with Gasteiger partial charge >= 0.3 is 5.97 Å². The molecule has 0 fully saturated rings. The van der Waals surface area contributed by atoms with Crippen LogP contribution in [0, 0.1) is 5.92 Å². The van der Waals surface area contributed by atoms with Gasteiger partial charge in [-0.25, -0.2) is 4.79 Å². The highest BCUT2D eigenvalue weighted by Gasteiger charge is 2.41. The normalized spacial score (nSPS) is 21.2. The number of rotatable bonds is 5. The summed E-state index contributed by atoms with van der Waals surface area (Å²) in [5.41, 5.74) is 3.50. The second-order valence-corrected chi connectivity index (χ2v) is 9.60. The molecule has 31 heavy (non-hydrogen) atoms. The van der Waals surface area contributed by atoms with E-state index >= 15 is 0 Å². The highest BCUT2D eigenvalue weighted by Crippen LogP contribution is 2.46. The maximum atomic E-state index is 13.4. The molecule has 2 atom stereocenters. The molecule has 6 heteroatoms. The van der Waals surface area contributed by atoms with Crippen LogP contribution in [0.2, 0.25) is 0 Å². The first kappa shape index (κ1) is 21.4. The Morgan fingerprint density at radius 1 is 1.23 bits per heavy atom. The molecule has 0 unspecified atom stereocenters. The van der Waals surface area contributed by atoms with E-state index in [0.29, 0.717) is 29.9 Å². The Labute approximate surface area is 186 Å². The Hall–Kier alpha value is -2.86. The SMILES string of the molecule is CC1=C(C(=O)OCC(C)C)[C@H](c2ccc(O)cc2)C2=C(C[C@H](c3cccs3)CC2=O)N1. The number of hydrogen-bond donors (Lipinski definition) is 2. The van der Waals surface area contributed by atoms with Crippen molar-refractivity contribution in [2.24, 2.45) is 5.92 Å². The van der Waals surface area contributed by atoms with E-state index in [-0.39, 0.29) is 23.4 Å². The van der Waals surface area contributed by atoms with Gasteiger partial charge < -0.3 is 15.2 Å². The fourth-order valence-corrected chi connectivity index (χ4v) is 5.19. The average molecular weight is 438 g/mol. The molecule has 0 bridgehead atoms. The largest absolute Gasteiger partial charge is 0.508 e. The van der Waals surface area contributed by atoms with E-state index < -0.39 is 11.9 Å². The number of Topliss-reactive ketones (excluding diaryl/α,β-unsaturated/α-hetero) is 1. The van der Waals surface area contributed by atoms with Gasteiger partial charge in [-0.05, 0) is 48.4 Å². The van der Waals surface area contributed by atoms with Crippen molar-refractivity contribution in [3.05, 3.63) is 74.8 Å². The van der Waals surface area contributed by atoms with Crippen LogP contribution in [0.25, 0.3) is 0 Å². The summed E-state index contributed by atoms with van der Waals surface area (Å²) in [5.74, 6) is -0.367. The van der Waals surface area contributed by atoms with Gasteiger partial charge in [0.15, 0.2) is 5.78 Å². The second kappa shape index (κ2) is 8.71. The molecule has 162 valence electrons. The number of esters is 1. The van der Waals surface area contributed by atoms with Crippen LogP contribution < -0.4 is 5.32 Å². The number of phenolic OH excluding ortho intramolecular Hbond substituents is 1. The number of dihydropyridines is 1. The van der Waals surface area contributed by atoms with Crippen molar-refractivity contribution in [2.45, 2.75) is 45.4 Å². The first-order valence-electron chi connectivity index (χ1n) is 10.6. The third kappa shape index (κ3) is 4.30. The van der Waals surface area contributed by atoms with E-state index in [2.05, 4.69) is 11.4 Å². The van der Waals surface area contributed by atoms with Crippen LogP contribution in [0.1, 0.15) is 55.9 Å². The van der Waals surface area contributed by atoms with Gasteiger partial charge in [-0.2, -0.15) is 0 Å². The van der Waals surface area contributed by atoms with Crippen molar-refractivity contribution in [3.8, 4) is 5.75 Å². The second-order valence-electron chi connectivity index (χ2n) is 8.62. The summed E-state index contributed by atoms with van der Waals surface area (Å²) in [6.45, 7) is 6.16. The summed E-state index contributed by atoms with van der Waals surface area (Å²) in [4.78, 5) is 27.7. The molecule has 0 radical (unpaired) electrons. The average Bonchev–Trinajstić information content (AvgIpc) is 3.26. The molecule has 5 nitrogen and oxygen atoms in total. The molecule has 4 rings (SSSR count). The molecule has 2 N–H and O–H groups in total. The van der Waals surface area contributed by atoms with E-state index in [9.17, 15) is 14.7 Å². The Morgan fingerprint density at radius 2 is 1.97 bits per heavy atom. The number of nitrogens with one attached hydrogen (secondary N) is 1. The highest BCUT2D eigenvalue weighted by atomic mass is 32.1. The number of hydrogen-bond acceptors (Lipinski definition) is 6. The first-order valence-corrected chi connectivity index (χ1v) is 11.5. The van der Waals surface area contributed by atoms with E-state index in [1.54, 1.807) is 35.6 Å². The van der Waals surface area contributed by atoms with Gasteiger partial charge in [0.05, 0.1) is 12.2 Å². The van der Waals surface area contributed by atoms with Crippen molar-refractivity contribution in [1.29, 1.82) is 0 Å². The lowest BCUT2D eigenvalue weighted by molar-refractivity contribution is -0.140. The van der Waals surface area contributed by atoms with Crippen LogP contribution in [-0.4, -0.2) is 23.5 Å².